The van der Waals surface area contributed by atoms with Crippen molar-refractivity contribution in [2.24, 2.45) is 5.10 Å². The highest BCUT2D eigenvalue weighted by molar-refractivity contribution is 6.31. The zero-order valence-corrected chi connectivity index (χ0v) is 12.5. The molecule has 0 atom stereocenters. The van der Waals surface area contributed by atoms with Gasteiger partial charge < -0.3 is 9.15 Å². The molecule has 110 valence electrons. The van der Waals surface area contributed by atoms with Crippen molar-refractivity contribution in [1.29, 1.82) is 0 Å². The minimum atomic E-state index is -0.359. The number of nitrogens with zero attached hydrogens (tertiary/aromatic N) is 1. The second-order valence-electron chi connectivity index (χ2n) is 4.44. The van der Waals surface area contributed by atoms with Gasteiger partial charge in [0.15, 0.2) is 6.61 Å². The highest BCUT2D eigenvalue weighted by Gasteiger charge is 2.03. The van der Waals surface area contributed by atoms with Gasteiger partial charge in [-0.3, -0.25) is 4.79 Å². The number of hydrogen-bond donors (Lipinski definition) is 1. The quantitative estimate of drug-likeness (QED) is 0.682. The smallest absolute Gasteiger partial charge is 0.277 e. The molecule has 0 unspecified atom stereocenters. The molecule has 21 heavy (non-hydrogen) atoms. The van der Waals surface area contributed by atoms with Gasteiger partial charge in [-0.25, -0.2) is 5.43 Å². The fourth-order valence-electron chi connectivity index (χ4n) is 1.58. The maximum Gasteiger partial charge on any atom is 0.277 e. The molecule has 0 aliphatic rings. The van der Waals surface area contributed by atoms with Crippen LogP contribution in [0.5, 0.6) is 5.75 Å². The van der Waals surface area contributed by atoms with Crippen LogP contribution in [0.25, 0.3) is 0 Å². The lowest BCUT2D eigenvalue weighted by atomic mass is 10.2. The predicted molar refractivity (Wildman–Crippen MR) is 80.9 cm³/mol. The summed E-state index contributed by atoms with van der Waals surface area (Å²) >= 11 is 5.91. The van der Waals surface area contributed by atoms with E-state index in [1.54, 1.807) is 24.3 Å². The van der Waals surface area contributed by atoms with E-state index in [2.05, 4.69) is 10.5 Å². The van der Waals surface area contributed by atoms with Crippen molar-refractivity contribution in [3.63, 3.8) is 0 Å². The molecule has 1 N–H and O–H groups in total. The molecule has 5 nitrogen and oxygen atoms in total. The average molecular weight is 307 g/mol. The SMILES string of the molecule is Cc1ccc(C=NNC(=O)COc2ccc(Cl)c(C)c2)o1. The van der Waals surface area contributed by atoms with Crippen LogP contribution in [0.2, 0.25) is 5.02 Å². The Hall–Kier alpha value is -2.27. The van der Waals surface area contributed by atoms with Crippen LogP contribution in [0.15, 0.2) is 39.9 Å². The summed E-state index contributed by atoms with van der Waals surface area (Å²) in [6.07, 6.45) is 1.43. The van der Waals surface area contributed by atoms with Crippen molar-refractivity contribution in [1.82, 2.24) is 5.43 Å². The zero-order valence-electron chi connectivity index (χ0n) is 11.7. The molecule has 0 aliphatic heterocycles. The van der Waals surface area contributed by atoms with Crippen molar-refractivity contribution < 1.29 is 13.9 Å². The maximum absolute atomic E-state index is 11.6. The number of hydrazone groups is 1. The Labute approximate surface area is 127 Å². The van der Waals surface area contributed by atoms with Crippen LogP contribution < -0.4 is 10.2 Å². The Kier molecular flexibility index (Phi) is 5.00. The third kappa shape index (κ3) is 4.65. The van der Waals surface area contributed by atoms with Crippen molar-refractivity contribution in [2.75, 3.05) is 6.61 Å². The first kappa shape index (κ1) is 15.1. The molecule has 0 saturated carbocycles. The summed E-state index contributed by atoms with van der Waals surface area (Å²) in [7, 11) is 0. The monoisotopic (exact) mass is 306 g/mol. The molecule has 0 saturated heterocycles. The Morgan fingerprint density at radius 2 is 2.19 bits per heavy atom. The molecule has 6 heteroatoms. The first-order valence-corrected chi connectivity index (χ1v) is 6.69. The molecule has 0 aliphatic carbocycles. The zero-order chi connectivity index (χ0) is 15.2. The average Bonchev–Trinajstić information content (AvgIpc) is 2.86. The normalized spacial score (nSPS) is 10.8. The third-order valence-electron chi connectivity index (χ3n) is 2.64. The molecule has 1 amide bonds. The number of amides is 1. The van der Waals surface area contributed by atoms with E-state index < -0.39 is 0 Å². The van der Waals surface area contributed by atoms with Gasteiger partial charge in [-0.1, -0.05) is 11.6 Å². The Balaban J connectivity index is 1.79. The molecule has 1 aromatic heterocycles. The molecule has 0 fully saturated rings. The van der Waals surface area contributed by atoms with Crippen LogP contribution in [-0.4, -0.2) is 18.7 Å². The van der Waals surface area contributed by atoms with E-state index in [1.165, 1.54) is 6.21 Å². The van der Waals surface area contributed by atoms with Crippen LogP contribution in [0, 0.1) is 13.8 Å². The van der Waals surface area contributed by atoms with E-state index in [1.807, 2.05) is 19.9 Å². The van der Waals surface area contributed by atoms with Gasteiger partial charge in [-0.05, 0) is 49.7 Å². The fourth-order valence-corrected chi connectivity index (χ4v) is 1.70. The maximum atomic E-state index is 11.6. The van der Waals surface area contributed by atoms with E-state index in [0.29, 0.717) is 16.5 Å². The van der Waals surface area contributed by atoms with Crippen LogP contribution in [0.3, 0.4) is 0 Å². The van der Waals surface area contributed by atoms with E-state index in [9.17, 15) is 4.79 Å². The largest absolute Gasteiger partial charge is 0.484 e. The second kappa shape index (κ2) is 6.95. The van der Waals surface area contributed by atoms with Gasteiger partial charge in [-0.2, -0.15) is 5.10 Å². The van der Waals surface area contributed by atoms with Crippen molar-refractivity contribution in [3.8, 4) is 5.75 Å². The summed E-state index contributed by atoms with van der Waals surface area (Å²) in [4.78, 5) is 11.6. The van der Waals surface area contributed by atoms with Gasteiger partial charge in [0.05, 0.1) is 6.21 Å². The molecule has 2 rings (SSSR count). The molecule has 1 heterocycles. The summed E-state index contributed by atoms with van der Waals surface area (Å²) in [5.41, 5.74) is 3.25. The van der Waals surface area contributed by atoms with E-state index in [0.717, 1.165) is 11.3 Å². The van der Waals surface area contributed by atoms with E-state index >= 15 is 0 Å². The summed E-state index contributed by atoms with van der Waals surface area (Å²) in [5, 5.41) is 4.44. The van der Waals surface area contributed by atoms with Crippen molar-refractivity contribution in [3.05, 3.63) is 52.4 Å². The Morgan fingerprint density at radius 3 is 2.86 bits per heavy atom. The lowest BCUT2D eigenvalue weighted by Gasteiger charge is -2.06. The molecule has 0 radical (unpaired) electrons. The number of carbonyl (C=O) groups excluding carboxylic acids is 1. The highest BCUT2D eigenvalue weighted by Crippen LogP contribution is 2.20. The number of hydrogen-bond acceptors (Lipinski definition) is 4. The number of ether oxygens (including phenoxy) is 1. The third-order valence-corrected chi connectivity index (χ3v) is 3.07. The second-order valence-corrected chi connectivity index (χ2v) is 4.85. The van der Waals surface area contributed by atoms with Crippen LogP contribution in [0.4, 0.5) is 0 Å². The van der Waals surface area contributed by atoms with Gasteiger partial charge in [0, 0.05) is 5.02 Å². The van der Waals surface area contributed by atoms with Crippen LogP contribution in [0.1, 0.15) is 17.1 Å². The number of furan rings is 1. The molecular formula is C15H15ClN2O3. The van der Waals surface area contributed by atoms with E-state index in [4.69, 9.17) is 20.8 Å². The minimum absolute atomic E-state index is 0.129. The summed E-state index contributed by atoms with van der Waals surface area (Å²) in [6.45, 7) is 3.57. The summed E-state index contributed by atoms with van der Waals surface area (Å²) < 4.78 is 10.6. The number of carbonyl (C=O) groups is 1. The van der Waals surface area contributed by atoms with Gasteiger partial charge in [0.25, 0.3) is 5.91 Å². The van der Waals surface area contributed by atoms with Gasteiger partial charge >= 0.3 is 0 Å². The molecule has 0 bridgehead atoms. The Morgan fingerprint density at radius 1 is 1.38 bits per heavy atom. The van der Waals surface area contributed by atoms with Gasteiger partial charge in [-0.15, -0.1) is 0 Å². The molecular weight excluding hydrogens is 292 g/mol. The lowest BCUT2D eigenvalue weighted by molar-refractivity contribution is -0.123. The fraction of sp³-hybridized carbons (Fsp3) is 0.200. The van der Waals surface area contributed by atoms with Crippen LogP contribution in [-0.2, 0) is 4.79 Å². The number of rotatable bonds is 5. The molecule has 1 aromatic carbocycles. The summed E-state index contributed by atoms with van der Waals surface area (Å²) in [5.74, 6) is 1.58. The topological polar surface area (TPSA) is 63.8 Å². The van der Waals surface area contributed by atoms with E-state index in [-0.39, 0.29) is 12.5 Å². The molecule has 0 spiro atoms. The summed E-state index contributed by atoms with van der Waals surface area (Å²) in [6, 6.07) is 8.77. The predicted octanol–water partition coefficient (Wildman–Crippen LogP) is 3.08. The number of halogens is 1. The van der Waals surface area contributed by atoms with Gasteiger partial charge in [0.2, 0.25) is 0 Å². The van der Waals surface area contributed by atoms with Gasteiger partial charge in [0.1, 0.15) is 17.3 Å². The first-order chi connectivity index (χ1) is 10.0. The van der Waals surface area contributed by atoms with Crippen molar-refractivity contribution in [2.45, 2.75) is 13.8 Å². The highest BCUT2D eigenvalue weighted by atomic mass is 35.5. The first-order valence-electron chi connectivity index (χ1n) is 6.32. The number of aryl methyl sites for hydroxylation is 2. The number of benzene rings is 1. The van der Waals surface area contributed by atoms with Crippen molar-refractivity contribution >= 4 is 23.7 Å². The lowest BCUT2D eigenvalue weighted by Crippen LogP contribution is -2.24. The standard InChI is InChI=1S/C15H15ClN2O3/c1-10-7-12(5-6-14(10)16)20-9-15(19)18-17-8-13-4-3-11(2)21-13/h3-8H,9H2,1-2H3,(H,18,19). The van der Waals surface area contributed by atoms with Crippen LogP contribution >= 0.6 is 11.6 Å². The number of nitrogens with one attached hydrogen (secondary N) is 1. The molecule has 2 aromatic rings. The Bertz CT molecular complexity index is 665. The minimum Gasteiger partial charge on any atom is -0.484 e.